The number of hydrogen-bond acceptors (Lipinski definition) is 7. The van der Waals surface area contributed by atoms with Crippen LogP contribution in [0, 0.1) is 0 Å². The lowest BCUT2D eigenvalue weighted by molar-refractivity contribution is 0.307. The summed E-state index contributed by atoms with van der Waals surface area (Å²) >= 11 is 7.42. The van der Waals surface area contributed by atoms with Gasteiger partial charge in [0.05, 0.1) is 11.8 Å². The Morgan fingerprint density at radius 3 is 2.76 bits per heavy atom. The first-order valence-electron chi connectivity index (χ1n) is 8.29. The van der Waals surface area contributed by atoms with E-state index in [0.29, 0.717) is 28.5 Å². The van der Waals surface area contributed by atoms with Gasteiger partial charge >= 0.3 is 0 Å². The number of rotatable bonds is 5. The van der Waals surface area contributed by atoms with Crippen molar-refractivity contribution in [2.75, 3.05) is 0 Å². The molecule has 0 atom stereocenters. The average molecular weight is 377 g/mol. The van der Waals surface area contributed by atoms with E-state index in [1.807, 2.05) is 16.8 Å². The summed E-state index contributed by atoms with van der Waals surface area (Å²) in [5.41, 5.74) is 0.872. The normalized spacial score (nSPS) is 15.6. The molecule has 0 radical (unpaired) electrons. The van der Waals surface area contributed by atoms with Gasteiger partial charge in [0.1, 0.15) is 0 Å². The van der Waals surface area contributed by atoms with Crippen molar-refractivity contribution < 1.29 is 4.52 Å². The highest BCUT2D eigenvalue weighted by Crippen LogP contribution is 2.31. The summed E-state index contributed by atoms with van der Waals surface area (Å²) in [6.07, 6.45) is 6.06. The number of nitrogens with zero attached hydrogens (tertiary/aromatic N) is 6. The standard InChI is InChI=1S/C16H17ClN6OS/c17-12-8-6-11(7-9-12)15-18-14(24-20-15)10-25-16-19-21-22-23(16)13-4-2-1-3-5-13/h6-9,13H,1-5,10H2. The van der Waals surface area contributed by atoms with Crippen LogP contribution in [0.3, 0.4) is 0 Å². The van der Waals surface area contributed by atoms with Gasteiger partial charge < -0.3 is 4.52 Å². The number of hydrogen-bond donors (Lipinski definition) is 0. The van der Waals surface area contributed by atoms with Gasteiger partial charge in [0.2, 0.25) is 16.9 Å². The highest BCUT2D eigenvalue weighted by atomic mass is 35.5. The minimum absolute atomic E-state index is 0.401. The molecule has 0 bridgehead atoms. The van der Waals surface area contributed by atoms with Crippen LogP contribution in [-0.4, -0.2) is 30.3 Å². The summed E-state index contributed by atoms with van der Waals surface area (Å²) < 4.78 is 7.28. The van der Waals surface area contributed by atoms with E-state index in [-0.39, 0.29) is 0 Å². The molecule has 0 N–H and O–H groups in total. The summed E-state index contributed by atoms with van der Waals surface area (Å²) in [7, 11) is 0. The van der Waals surface area contributed by atoms with Crippen LogP contribution in [0.5, 0.6) is 0 Å². The lowest BCUT2D eigenvalue weighted by Gasteiger charge is -2.21. The van der Waals surface area contributed by atoms with E-state index in [1.165, 1.54) is 31.0 Å². The zero-order chi connectivity index (χ0) is 17.1. The molecule has 1 fully saturated rings. The van der Waals surface area contributed by atoms with Gasteiger partial charge in [-0.05, 0) is 47.5 Å². The molecule has 1 saturated carbocycles. The van der Waals surface area contributed by atoms with Gasteiger partial charge in [-0.25, -0.2) is 4.68 Å². The van der Waals surface area contributed by atoms with Crippen LogP contribution in [0.2, 0.25) is 5.02 Å². The molecule has 0 aliphatic heterocycles. The highest BCUT2D eigenvalue weighted by Gasteiger charge is 2.21. The molecule has 130 valence electrons. The Morgan fingerprint density at radius 1 is 1.16 bits per heavy atom. The summed E-state index contributed by atoms with van der Waals surface area (Å²) in [5, 5.41) is 17.7. The Hall–Kier alpha value is -1.93. The summed E-state index contributed by atoms with van der Waals surface area (Å²) in [4.78, 5) is 4.43. The van der Waals surface area contributed by atoms with Crippen molar-refractivity contribution in [1.82, 2.24) is 30.3 Å². The van der Waals surface area contributed by atoms with Crippen molar-refractivity contribution in [3.05, 3.63) is 35.2 Å². The fourth-order valence-corrected chi connectivity index (χ4v) is 3.90. The monoisotopic (exact) mass is 376 g/mol. The second kappa shape index (κ2) is 7.53. The van der Waals surface area contributed by atoms with E-state index in [0.717, 1.165) is 23.6 Å². The molecule has 2 heterocycles. The summed E-state index contributed by atoms with van der Waals surface area (Å²) in [6, 6.07) is 7.75. The van der Waals surface area contributed by atoms with E-state index in [4.69, 9.17) is 16.1 Å². The van der Waals surface area contributed by atoms with Gasteiger partial charge in [0.15, 0.2) is 0 Å². The molecule has 1 aliphatic rings. The van der Waals surface area contributed by atoms with Crippen LogP contribution >= 0.6 is 23.4 Å². The molecule has 0 spiro atoms. The maximum absolute atomic E-state index is 5.90. The Labute approximate surface area is 154 Å². The Morgan fingerprint density at radius 2 is 1.96 bits per heavy atom. The minimum Gasteiger partial charge on any atom is -0.338 e. The van der Waals surface area contributed by atoms with Gasteiger partial charge in [-0.15, -0.1) is 5.10 Å². The van der Waals surface area contributed by atoms with Gasteiger partial charge in [0, 0.05) is 10.6 Å². The predicted octanol–water partition coefficient (Wildman–Crippen LogP) is 4.17. The second-order valence-corrected chi connectivity index (χ2v) is 7.38. The quantitative estimate of drug-likeness (QED) is 0.618. The summed E-state index contributed by atoms with van der Waals surface area (Å²) in [6.45, 7) is 0. The zero-order valence-corrected chi connectivity index (χ0v) is 15.1. The molecule has 25 heavy (non-hydrogen) atoms. The highest BCUT2D eigenvalue weighted by molar-refractivity contribution is 7.98. The third-order valence-electron chi connectivity index (χ3n) is 4.28. The molecule has 1 aromatic carbocycles. The van der Waals surface area contributed by atoms with Gasteiger partial charge in [0.25, 0.3) is 0 Å². The van der Waals surface area contributed by atoms with Crippen LogP contribution in [0.25, 0.3) is 11.4 Å². The van der Waals surface area contributed by atoms with Crippen molar-refractivity contribution in [3.8, 4) is 11.4 Å². The lowest BCUT2D eigenvalue weighted by atomic mass is 9.96. The van der Waals surface area contributed by atoms with Crippen molar-refractivity contribution in [2.45, 2.75) is 49.1 Å². The fraction of sp³-hybridized carbons (Fsp3) is 0.438. The topological polar surface area (TPSA) is 82.5 Å². The molecule has 0 saturated heterocycles. The molecular formula is C16H17ClN6OS. The molecule has 4 rings (SSSR count). The third kappa shape index (κ3) is 3.85. The van der Waals surface area contributed by atoms with E-state index in [9.17, 15) is 0 Å². The summed E-state index contributed by atoms with van der Waals surface area (Å²) in [5.74, 6) is 1.64. The van der Waals surface area contributed by atoms with E-state index in [2.05, 4.69) is 25.7 Å². The largest absolute Gasteiger partial charge is 0.338 e. The van der Waals surface area contributed by atoms with Gasteiger partial charge in [-0.3, -0.25) is 0 Å². The van der Waals surface area contributed by atoms with Gasteiger partial charge in [-0.1, -0.05) is 47.8 Å². The predicted molar refractivity (Wildman–Crippen MR) is 94.2 cm³/mol. The van der Waals surface area contributed by atoms with Gasteiger partial charge in [-0.2, -0.15) is 4.98 Å². The number of aromatic nitrogens is 6. The average Bonchev–Trinajstić information content (AvgIpc) is 3.31. The number of benzene rings is 1. The smallest absolute Gasteiger partial charge is 0.237 e. The van der Waals surface area contributed by atoms with Crippen molar-refractivity contribution in [3.63, 3.8) is 0 Å². The number of tetrazole rings is 1. The van der Waals surface area contributed by atoms with E-state index >= 15 is 0 Å². The number of thioether (sulfide) groups is 1. The van der Waals surface area contributed by atoms with Crippen molar-refractivity contribution in [2.24, 2.45) is 0 Å². The molecule has 7 nitrogen and oxygen atoms in total. The Bertz CT molecular complexity index is 827. The van der Waals surface area contributed by atoms with Crippen LogP contribution in [0.15, 0.2) is 33.9 Å². The lowest BCUT2D eigenvalue weighted by Crippen LogP contribution is -2.15. The van der Waals surface area contributed by atoms with Crippen LogP contribution in [0.1, 0.15) is 44.0 Å². The minimum atomic E-state index is 0.401. The molecule has 0 amide bonds. The van der Waals surface area contributed by atoms with Crippen LogP contribution in [-0.2, 0) is 5.75 Å². The molecule has 2 aromatic heterocycles. The SMILES string of the molecule is Clc1ccc(-c2noc(CSc3nnnn3C3CCCCC3)n2)cc1. The van der Waals surface area contributed by atoms with E-state index < -0.39 is 0 Å². The fourth-order valence-electron chi connectivity index (χ4n) is 2.99. The molecular weight excluding hydrogens is 360 g/mol. The number of halogens is 1. The first kappa shape index (κ1) is 16.5. The van der Waals surface area contributed by atoms with E-state index in [1.54, 1.807) is 12.1 Å². The second-order valence-electron chi connectivity index (χ2n) is 6.01. The first-order valence-corrected chi connectivity index (χ1v) is 9.65. The van der Waals surface area contributed by atoms with Crippen molar-refractivity contribution >= 4 is 23.4 Å². The molecule has 1 aliphatic carbocycles. The van der Waals surface area contributed by atoms with Crippen molar-refractivity contribution in [1.29, 1.82) is 0 Å². The Kier molecular flexibility index (Phi) is 4.98. The molecule has 9 heteroatoms. The zero-order valence-electron chi connectivity index (χ0n) is 13.5. The molecule has 0 unspecified atom stereocenters. The van der Waals surface area contributed by atoms with Crippen LogP contribution in [0.4, 0.5) is 0 Å². The Balaban J connectivity index is 1.42. The third-order valence-corrected chi connectivity index (χ3v) is 5.45. The van der Waals surface area contributed by atoms with Crippen LogP contribution < -0.4 is 0 Å². The molecule has 3 aromatic rings. The first-order chi connectivity index (χ1) is 12.3. The maximum atomic E-state index is 5.90. The maximum Gasteiger partial charge on any atom is 0.237 e.